The van der Waals surface area contributed by atoms with E-state index in [0.717, 1.165) is 12.0 Å². The summed E-state index contributed by atoms with van der Waals surface area (Å²) in [6, 6.07) is 13.5. The summed E-state index contributed by atoms with van der Waals surface area (Å²) in [6.07, 6.45) is 1.66. The number of anilines is 1. The Morgan fingerprint density at radius 1 is 1.12 bits per heavy atom. The number of hydrogen-bond donors (Lipinski definition) is 2. The van der Waals surface area contributed by atoms with Gasteiger partial charge in [-0.2, -0.15) is 0 Å². The standard InChI is InChI=1S/C18H22N2O4S/c1-2-13-24-17-6-4-3-5-16(17)20-18(21)12-9-14-7-10-15(11-8-14)25(19,22)23/h3-8,10-11H,2,9,12-13H2,1H3,(H,20,21)(H2,19,22,23). The lowest BCUT2D eigenvalue weighted by atomic mass is 10.1. The van der Waals surface area contributed by atoms with E-state index >= 15 is 0 Å². The Hall–Kier alpha value is -2.38. The maximum atomic E-state index is 12.2. The van der Waals surface area contributed by atoms with Gasteiger partial charge in [0.15, 0.2) is 0 Å². The molecule has 0 bridgehead atoms. The number of amides is 1. The Bertz CT molecular complexity index is 817. The molecule has 0 saturated heterocycles. The van der Waals surface area contributed by atoms with Crippen LogP contribution in [0.5, 0.6) is 5.75 Å². The molecular weight excluding hydrogens is 340 g/mol. The van der Waals surface area contributed by atoms with E-state index in [2.05, 4.69) is 5.32 Å². The predicted octanol–water partition coefficient (Wildman–Crippen LogP) is 2.69. The average molecular weight is 362 g/mol. The van der Waals surface area contributed by atoms with Crippen molar-refractivity contribution in [2.24, 2.45) is 5.14 Å². The molecular formula is C18H22N2O4S. The highest BCUT2D eigenvalue weighted by atomic mass is 32.2. The van der Waals surface area contributed by atoms with Gasteiger partial charge in [-0.05, 0) is 42.7 Å². The minimum atomic E-state index is -3.70. The molecule has 3 N–H and O–H groups in total. The largest absolute Gasteiger partial charge is 0.491 e. The highest BCUT2D eigenvalue weighted by Crippen LogP contribution is 2.24. The van der Waals surface area contributed by atoms with Crippen LogP contribution in [0.3, 0.4) is 0 Å². The van der Waals surface area contributed by atoms with Crippen molar-refractivity contribution in [3.63, 3.8) is 0 Å². The third-order valence-electron chi connectivity index (χ3n) is 3.52. The second kappa shape index (κ2) is 8.64. The van der Waals surface area contributed by atoms with Crippen molar-refractivity contribution < 1.29 is 17.9 Å². The van der Waals surface area contributed by atoms with E-state index in [1.54, 1.807) is 18.2 Å². The van der Waals surface area contributed by atoms with Crippen LogP contribution in [0.1, 0.15) is 25.3 Å². The first-order valence-corrected chi connectivity index (χ1v) is 9.58. The first-order valence-electron chi connectivity index (χ1n) is 8.03. The molecule has 0 unspecified atom stereocenters. The molecule has 0 fully saturated rings. The lowest BCUT2D eigenvalue weighted by molar-refractivity contribution is -0.116. The van der Waals surface area contributed by atoms with E-state index < -0.39 is 10.0 Å². The second-order valence-corrected chi connectivity index (χ2v) is 7.14. The van der Waals surface area contributed by atoms with Gasteiger partial charge in [-0.3, -0.25) is 4.79 Å². The molecule has 25 heavy (non-hydrogen) atoms. The number of carbonyl (C=O) groups is 1. The van der Waals surface area contributed by atoms with Gasteiger partial charge in [-0.15, -0.1) is 0 Å². The first kappa shape index (κ1) is 19.0. The number of para-hydroxylation sites is 2. The monoisotopic (exact) mass is 362 g/mol. The summed E-state index contributed by atoms with van der Waals surface area (Å²) in [5.41, 5.74) is 1.50. The quantitative estimate of drug-likeness (QED) is 0.754. The van der Waals surface area contributed by atoms with Crippen LogP contribution in [0.2, 0.25) is 0 Å². The second-order valence-electron chi connectivity index (χ2n) is 5.58. The van der Waals surface area contributed by atoms with Gasteiger partial charge in [0, 0.05) is 6.42 Å². The molecule has 0 spiro atoms. The van der Waals surface area contributed by atoms with Gasteiger partial charge >= 0.3 is 0 Å². The number of nitrogens with two attached hydrogens (primary N) is 1. The molecule has 0 saturated carbocycles. The molecule has 0 aliphatic carbocycles. The third kappa shape index (κ3) is 5.88. The minimum Gasteiger partial charge on any atom is -0.491 e. The Morgan fingerprint density at radius 2 is 1.80 bits per heavy atom. The molecule has 0 aromatic heterocycles. The Morgan fingerprint density at radius 3 is 2.44 bits per heavy atom. The summed E-state index contributed by atoms with van der Waals surface area (Å²) in [5, 5.41) is 7.91. The Labute approximate surface area is 148 Å². The number of hydrogen-bond acceptors (Lipinski definition) is 4. The zero-order valence-corrected chi connectivity index (χ0v) is 14.9. The average Bonchev–Trinajstić information content (AvgIpc) is 2.59. The van der Waals surface area contributed by atoms with Crippen LogP contribution in [0, 0.1) is 0 Å². The topological polar surface area (TPSA) is 98.5 Å². The number of rotatable bonds is 8. The van der Waals surface area contributed by atoms with Crippen molar-refractivity contribution in [3.05, 3.63) is 54.1 Å². The summed E-state index contributed by atoms with van der Waals surface area (Å²) in [5.74, 6) is 0.512. The van der Waals surface area contributed by atoms with Crippen LogP contribution >= 0.6 is 0 Å². The number of carbonyl (C=O) groups excluding carboxylic acids is 1. The number of primary sulfonamides is 1. The highest BCUT2D eigenvalue weighted by Gasteiger charge is 2.09. The van der Waals surface area contributed by atoms with E-state index in [0.29, 0.717) is 24.5 Å². The SMILES string of the molecule is CCCOc1ccccc1NC(=O)CCc1ccc(S(N)(=O)=O)cc1. The Kier molecular flexibility index (Phi) is 6.55. The van der Waals surface area contributed by atoms with Crippen molar-refractivity contribution in [2.75, 3.05) is 11.9 Å². The van der Waals surface area contributed by atoms with Crippen LogP contribution in [-0.4, -0.2) is 20.9 Å². The van der Waals surface area contributed by atoms with E-state index in [-0.39, 0.29) is 17.2 Å². The van der Waals surface area contributed by atoms with Gasteiger partial charge in [0.25, 0.3) is 0 Å². The van der Waals surface area contributed by atoms with Crippen molar-refractivity contribution >= 4 is 21.6 Å². The number of benzene rings is 2. The Balaban J connectivity index is 1.93. The van der Waals surface area contributed by atoms with Gasteiger partial charge in [-0.25, -0.2) is 13.6 Å². The summed E-state index contributed by atoms with van der Waals surface area (Å²) in [6.45, 7) is 2.60. The maximum absolute atomic E-state index is 12.2. The normalized spacial score (nSPS) is 11.1. The highest BCUT2D eigenvalue weighted by molar-refractivity contribution is 7.89. The predicted molar refractivity (Wildman–Crippen MR) is 97.0 cm³/mol. The molecule has 134 valence electrons. The summed E-state index contributed by atoms with van der Waals surface area (Å²) < 4.78 is 28.1. The third-order valence-corrected chi connectivity index (χ3v) is 4.44. The molecule has 1 amide bonds. The van der Waals surface area contributed by atoms with E-state index in [1.165, 1.54) is 12.1 Å². The molecule has 0 aliphatic heterocycles. The number of aryl methyl sites for hydroxylation is 1. The van der Waals surface area contributed by atoms with E-state index in [9.17, 15) is 13.2 Å². The van der Waals surface area contributed by atoms with Gasteiger partial charge in [0.1, 0.15) is 5.75 Å². The van der Waals surface area contributed by atoms with Crippen molar-refractivity contribution in [2.45, 2.75) is 31.1 Å². The molecule has 2 aromatic carbocycles. The fourth-order valence-electron chi connectivity index (χ4n) is 2.22. The van der Waals surface area contributed by atoms with Crippen LogP contribution < -0.4 is 15.2 Å². The van der Waals surface area contributed by atoms with Crippen molar-refractivity contribution in [1.29, 1.82) is 0 Å². The minimum absolute atomic E-state index is 0.0581. The fraction of sp³-hybridized carbons (Fsp3) is 0.278. The van der Waals surface area contributed by atoms with Crippen LogP contribution in [0.4, 0.5) is 5.69 Å². The van der Waals surface area contributed by atoms with Gasteiger partial charge in [-0.1, -0.05) is 31.2 Å². The molecule has 2 aromatic rings. The van der Waals surface area contributed by atoms with Crippen LogP contribution in [0.25, 0.3) is 0 Å². The van der Waals surface area contributed by atoms with Gasteiger partial charge in [0.2, 0.25) is 15.9 Å². The number of sulfonamides is 1. The molecule has 0 radical (unpaired) electrons. The maximum Gasteiger partial charge on any atom is 0.238 e. The molecule has 0 aliphatic rings. The lowest BCUT2D eigenvalue weighted by Crippen LogP contribution is -2.14. The molecule has 7 heteroatoms. The smallest absolute Gasteiger partial charge is 0.238 e. The fourth-order valence-corrected chi connectivity index (χ4v) is 2.74. The molecule has 6 nitrogen and oxygen atoms in total. The van der Waals surface area contributed by atoms with E-state index in [4.69, 9.17) is 9.88 Å². The lowest BCUT2D eigenvalue weighted by Gasteiger charge is -2.12. The number of nitrogens with one attached hydrogen (secondary N) is 1. The zero-order valence-electron chi connectivity index (χ0n) is 14.1. The number of ether oxygens (including phenoxy) is 1. The molecule has 0 atom stereocenters. The molecule has 2 rings (SSSR count). The van der Waals surface area contributed by atoms with Crippen LogP contribution in [0.15, 0.2) is 53.4 Å². The zero-order chi connectivity index (χ0) is 18.3. The summed E-state index contributed by atoms with van der Waals surface area (Å²) >= 11 is 0. The van der Waals surface area contributed by atoms with Gasteiger partial charge < -0.3 is 10.1 Å². The summed E-state index contributed by atoms with van der Waals surface area (Å²) in [4.78, 5) is 12.2. The van der Waals surface area contributed by atoms with Crippen molar-refractivity contribution in [1.82, 2.24) is 0 Å². The van der Waals surface area contributed by atoms with E-state index in [1.807, 2.05) is 25.1 Å². The summed E-state index contributed by atoms with van der Waals surface area (Å²) in [7, 11) is -3.70. The van der Waals surface area contributed by atoms with Gasteiger partial charge in [0.05, 0.1) is 17.2 Å². The first-order chi connectivity index (χ1) is 11.9. The molecule has 0 heterocycles. The van der Waals surface area contributed by atoms with Crippen LogP contribution in [-0.2, 0) is 21.2 Å². The van der Waals surface area contributed by atoms with Crippen molar-refractivity contribution in [3.8, 4) is 5.75 Å².